The molecule has 4 rings (SSSR count). The number of carbonyl (C=O) groups excluding carboxylic acids is 1. The number of carbonyl (C=O) groups is 1. The zero-order valence-electron chi connectivity index (χ0n) is 15.0. The molecule has 0 saturated heterocycles. The molecule has 2 aromatic heterocycles. The van der Waals surface area contributed by atoms with Gasteiger partial charge in [-0.15, -0.1) is 11.3 Å². The Balaban J connectivity index is 1.59. The third-order valence-corrected chi connectivity index (χ3v) is 5.13. The molecule has 0 fully saturated rings. The molecule has 0 unspecified atom stereocenters. The maximum Gasteiger partial charge on any atom is 0.259 e. The highest BCUT2D eigenvalue weighted by Gasteiger charge is 2.15. The molecule has 2 aromatic carbocycles. The third-order valence-electron chi connectivity index (χ3n) is 4.09. The first kappa shape index (κ1) is 18.4. The molecule has 0 aliphatic rings. The molecule has 2 heterocycles. The van der Waals surface area contributed by atoms with E-state index < -0.39 is 0 Å². The summed E-state index contributed by atoms with van der Waals surface area (Å²) >= 11 is 7.76. The second kappa shape index (κ2) is 7.96. The number of aryl methyl sites for hydroxylation is 1. The van der Waals surface area contributed by atoms with Crippen molar-refractivity contribution in [3.8, 4) is 5.75 Å². The number of rotatable bonds is 5. The molecule has 0 saturated carbocycles. The first-order chi connectivity index (χ1) is 13.6. The van der Waals surface area contributed by atoms with Gasteiger partial charge >= 0.3 is 0 Å². The number of nitrogens with zero attached hydrogens (tertiary/aromatic N) is 2. The Morgan fingerprint density at radius 1 is 1.21 bits per heavy atom. The third kappa shape index (κ3) is 3.98. The van der Waals surface area contributed by atoms with Gasteiger partial charge in [0, 0.05) is 22.0 Å². The fourth-order valence-corrected chi connectivity index (χ4v) is 3.67. The molecule has 0 bridgehead atoms. The van der Waals surface area contributed by atoms with E-state index in [2.05, 4.69) is 15.3 Å². The molecule has 0 aliphatic heterocycles. The maximum atomic E-state index is 12.9. The topological polar surface area (TPSA) is 64.1 Å². The van der Waals surface area contributed by atoms with Crippen molar-refractivity contribution in [1.82, 2.24) is 9.97 Å². The van der Waals surface area contributed by atoms with Crippen molar-refractivity contribution in [2.45, 2.75) is 13.5 Å². The molecule has 28 heavy (non-hydrogen) atoms. The van der Waals surface area contributed by atoms with Gasteiger partial charge in [0.2, 0.25) is 0 Å². The largest absolute Gasteiger partial charge is 0.486 e. The highest BCUT2D eigenvalue weighted by molar-refractivity contribution is 7.09. The lowest BCUT2D eigenvalue weighted by atomic mass is 10.1. The van der Waals surface area contributed by atoms with Gasteiger partial charge in [0.25, 0.3) is 5.91 Å². The molecular weight excluding hydrogens is 394 g/mol. The predicted molar refractivity (Wildman–Crippen MR) is 112 cm³/mol. The molecule has 1 amide bonds. The Morgan fingerprint density at radius 3 is 2.89 bits per heavy atom. The van der Waals surface area contributed by atoms with E-state index in [1.165, 1.54) is 0 Å². The van der Waals surface area contributed by atoms with Gasteiger partial charge in [0.15, 0.2) is 0 Å². The van der Waals surface area contributed by atoms with Crippen LogP contribution in [-0.4, -0.2) is 15.9 Å². The van der Waals surface area contributed by atoms with E-state index in [1.54, 1.807) is 41.8 Å². The fraction of sp³-hybridized carbons (Fsp3) is 0.0952. The summed E-state index contributed by atoms with van der Waals surface area (Å²) in [6, 6.07) is 14.3. The SMILES string of the molecule is Cc1nc(COc2ccccc2C(=O)Nc2cc(Cl)cc3cccnc23)cs1. The van der Waals surface area contributed by atoms with Crippen LogP contribution in [0, 0.1) is 6.92 Å². The molecule has 0 aliphatic carbocycles. The standard InChI is InChI=1S/C21H16ClN3O2S/c1-13-24-16(12-28-13)11-27-19-7-3-2-6-17(19)21(26)25-18-10-15(22)9-14-5-4-8-23-20(14)18/h2-10,12H,11H2,1H3,(H,25,26). The quantitative estimate of drug-likeness (QED) is 0.473. The van der Waals surface area contributed by atoms with E-state index in [4.69, 9.17) is 16.3 Å². The normalized spacial score (nSPS) is 10.8. The monoisotopic (exact) mass is 409 g/mol. The summed E-state index contributed by atoms with van der Waals surface area (Å²) in [6.45, 7) is 2.25. The first-order valence-electron chi connectivity index (χ1n) is 8.58. The van der Waals surface area contributed by atoms with E-state index in [9.17, 15) is 4.79 Å². The van der Waals surface area contributed by atoms with Crippen molar-refractivity contribution in [3.05, 3.63) is 81.4 Å². The fourth-order valence-electron chi connectivity index (χ4n) is 2.85. The van der Waals surface area contributed by atoms with Gasteiger partial charge in [0.05, 0.1) is 27.5 Å². The minimum atomic E-state index is -0.292. The number of anilines is 1. The van der Waals surface area contributed by atoms with Gasteiger partial charge in [-0.2, -0.15) is 0 Å². The number of thiazole rings is 1. The lowest BCUT2D eigenvalue weighted by Gasteiger charge is -2.12. The number of benzene rings is 2. The summed E-state index contributed by atoms with van der Waals surface area (Å²) in [5.74, 6) is 0.198. The number of pyridine rings is 1. The Morgan fingerprint density at radius 2 is 2.07 bits per heavy atom. The van der Waals surface area contributed by atoms with Crippen molar-refractivity contribution in [2.75, 3.05) is 5.32 Å². The number of hydrogen-bond donors (Lipinski definition) is 1. The van der Waals surface area contributed by atoms with E-state index in [0.717, 1.165) is 16.1 Å². The number of halogens is 1. The molecule has 5 nitrogen and oxygen atoms in total. The molecule has 0 atom stereocenters. The summed E-state index contributed by atoms with van der Waals surface area (Å²) in [5, 5.41) is 7.21. The smallest absolute Gasteiger partial charge is 0.259 e. The lowest BCUT2D eigenvalue weighted by Crippen LogP contribution is -2.14. The van der Waals surface area contributed by atoms with Crippen LogP contribution in [0.3, 0.4) is 0 Å². The van der Waals surface area contributed by atoms with Gasteiger partial charge < -0.3 is 10.1 Å². The number of ether oxygens (including phenoxy) is 1. The predicted octanol–water partition coefficient (Wildman–Crippen LogP) is 5.48. The Kier molecular flexibility index (Phi) is 5.23. The summed E-state index contributed by atoms with van der Waals surface area (Å²) < 4.78 is 5.85. The molecule has 140 valence electrons. The second-order valence-electron chi connectivity index (χ2n) is 6.13. The molecule has 1 N–H and O–H groups in total. The zero-order valence-corrected chi connectivity index (χ0v) is 16.6. The van der Waals surface area contributed by atoms with Crippen LogP contribution < -0.4 is 10.1 Å². The van der Waals surface area contributed by atoms with Crippen LogP contribution in [0.1, 0.15) is 21.1 Å². The Bertz CT molecular complexity index is 1160. The Hall–Kier alpha value is -2.96. The van der Waals surface area contributed by atoms with Crippen LogP contribution in [0.5, 0.6) is 5.75 Å². The van der Waals surface area contributed by atoms with Gasteiger partial charge in [-0.3, -0.25) is 9.78 Å². The summed E-state index contributed by atoms with van der Waals surface area (Å²) in [6.07, 6.45) is 1.68. The van der Waals surface area contributed by atoms with Gasteiger partial charge in [-0.25, -0.2) is 4.98 Å². The summed E-state index contributed by atoms with van der Waals surface area (Å²) in [4.78, 5) is 21.7. The first-order valence-corrected chi connectivity index (χ1v) is 9.84. The van der Waals surface area contributed by atoms with Crippen LogP contribution in [-0.2, 0) is 6.61 Å². The minimum Gasteiger partial charge on any atom is -0.486 e. The van der Waals surface area contributed by atoms with Crippen LogP contribution in [0.25, 0.3) is 10.9 Å². The van der Waals surface area contributed by atoms with E-state index in [1.807, 2.05) is 36.6 Å². The van der Waals surface area contributed by atoms with Crippen molar-refractivity contribution in [3.63, 3.8) is 0 Å². The van der Waals surface area contributed by atoms with E-state index in [0.29, 0.717) is 34.1 Å². The van der Waals surface area contributed by atoms with Gasteiger partial charge in [0.1, 0.15) is 12.4 Å². The summed E-state index contributed by atoms with van der Waals surface area (Å²) in [5.41, 5.74) is 2.50. The van der Waals surface area contributed by atoms with Crippen molar-refractivity contribution < 1.29 is 9.53 Å². The second-order valence-corrected chi connectivity index (χ2v) is 7.62. The lowest BCUT2D eigenvalue weighted by molar-refractivity contribution is 0.102. The number of amides is 1. The average Bonchev–Trinajstić information content (AvgIpc) is 3.11. The number of aromatic nitrogens is 2. The number of fused-ring (bicyclic) bond motifs is 1. The number of nitrogens with one attached hydrogen (secondary N) is 1. The average molecular weight is 410 g/mol. The molecular formula is C21H16ClN3O2S. The van der Waals surface area contributed by atoms with Crippen molar-refractivity contribution >= 4 is 45.4 Å². The van der Waals surface area contributed by atoms with Crippen LogP contribution in [0.4, 0.5) is 5.69 Å². The highest BCUT2D eigenvalue weighted by Crippen LogP contribution is 2.28. The van der Waals surface area contributed by atoms with Crippen LogP contribution in [0.2, 0.25) is 5.02 Å². The van der Waals surface area contributed by atoms with Crippen LogP contribution >= 0.6 is 22.9 Å². The van der Waals surface area contributed by atoms with Crippen molar-refractivity contribution in [1.29, 1.82) is 0 Å². The maximum absolute atomic E-state index is 12.9. The highest BCUT2D eigenvalue weighted by atomic mass is 35.5. The molecule has 7 heteroatoms. The van der Waals surface area contributed by atoms with Gasteiger partial charge in [-0.1, -0.05) is 29.8 Å². The number of hydrogen-bond acceptors (Lipinski definition) is 5. The van der Waals surface area contributed by atoms with Gasteiger partial charge in [-0.05, 0) is 37.3 Å². The van der Waals surface area contributed by atoms with E-state index >= 15 is 0 Å². The summed E-state index contributed by atoms with van der Waals surface area (Å²) in [7, 11) is 0. The Labute approximate surface area is 171 Å². The zero-order chi connectivity index (χ0) is 19.5. The van der Waals surface area contributed by atoms with Crippen molar-refractivity contribution in [2.24, 2.45) is 0 Å². The molecule has 0 spiro atoms. The number of para-hydroxylation sites is 1. The molecule has 0 radical (unpaired) electrons. The molecule has 4 aromatic rings. The minimum absolute atomic E-state index is 0.292. The van der Waals surface area contributed by atoms with E-state index in [-0.39, 0.29) is 5.91 Å². The van der Waals surface area contributed by atoms with Crippen LogP contribution in [0.15, 0.2) is 60.1 Å².